The third-order valence-electron chi connectivity index (χ3n) is 14.0. The van der Waals surface area contributed by atoms with Gasteiger partial charge < -0.3 is 24.8 Å². The Bertz CT molecular complexity index is 1590. The molecular formula is C56H80Cl2Zr2-2. The average molecular weight is 1010 g/mol. The third kappa shape index (κ3) is 17.1. The van der Waals surface area contributed by atoms with E-state index < -0.39 is 0 Å². The van der Waals surface area contributed by atoms with Crippen molar-refractivity contribution in [1.29, 1.82) is 0 Å². The van der Waals surface area contributed by atoms with Crippen molar-refractivity contribution in [2.75, 3.05) is 0 Å². The summed E-state index contributed by atoms with van der Waals surface area (Å²) >= 11 is 3.38. The molecule has 6 aliphatic rings. The van der Waals surface area contributed by atoms with Gasteiger partial charge in [-0.25, -0.2) is 24.3 Å². The number of rotatable bonds is 0. The second-order valence-corrected chi connectivity index (χ2v) is 23.0. The average Bonchev–Trinajstić information content (AvgIpc) is 3.99. The first-order valence-corrected chi connectivity index (χ1v) is 26.5. The van der Waals surface area contributed by atoms with Gasteiger partial charge in [0.2, 0.25) is 0 Å². The van der Waals surface area contributed by atoms with Gasteiger partial charge in [0, 0.05) is 0 Å². The Morgan fingerprint density at radius 1 is 0.350 bits per heavy atom. The fourth-order valence-electron chi connectivity index (χ4n) is 10.6. The molecule has 4 aromatic rings. The molecule has 6 aliphatic carbocycles. The summed E-state index contributed by atoms with van der Waals surface area (Å²) in [6.07, 6.45) is 31.0. The maximum absolute atomic E-state index is 2.36. The van der Waals surface area contributed by atoms with E-state index in [1.807, 2.05) is 0 Å². The first-order valence-electron chi connectivity index (χ1n) is 24.0. The second-order valence-electron chi connectivity index (χ2n) is 19.6. The predicted octanol–water partition coefficient (Wildman–Crippen LogP) is 9.96. The first-order chi connectivity index (χ1) is 27.9. The molecule has 4 aromatic carbocycles. The molecule has 0 saturated heterocycles. The summed E-state index contributed by atoms with van der Waals surface area (Å²) < 4.78 is 3.61. The Morgan fingerprint density at radius 2 is 0.567 bits per heavy atom. The van der Waals surface area contributed by atoms with Gasteiger partial charge in [-0.1, -0.05) is 156 Å². The van der Waals surface area contributed by atoms with E-state index in [1.165, 1.54) is 164 Å². The number of halogens is 2. The van der Waals surface area contributed by atoms with Gasteiger partial charge in [0.05, 0.1) is 0 Å². The standard InChI is InChI=1S/4C11H15.2C6H10.2ClH.2Zr/c4*1-8-6-10-5-3-4-9(2)11(10)7-8;2*1-2-4-6-5-3-1;;;;/h4*6-7,9H,3-5H2,1-2H3;2*1-5H2;2*1H;;/q4*-1;;;;;2*+2/p-2. The van der Waals surface area contributed by atoms with E-state index >= 15 is 0 Å². The van der Waals surface area contributed by atoms with Crippen LogP contribution >= 0.6 is 0 Å². The molecule has 4 heteroatoms. The molecule has 0 aromatic heterocycles. The quantitative estimate of drug-likeness (QED) is 0.154. The molecule has 0 N–H and O–H groups in total. The predicted molar refractivity (Wildman–Crippen MR) is 249 cm³/mol. The number of hydrogen-bond donors (Lipinski definition) is 0. The SMILES string of the molecule is Cc1cc2c([cH-]1)CCCC2C.Cc1cc2c([cH-]1)CCCC2C.Cc1cc2c([cH-]1)CCCC2C.Cc1cc2c([cH-]1)CCCC2C.[Cl-].[Cl-].[Zr+2]=[C]1CCCCC1.[Zr+2]=[C]1CCCCC1. The molecule has 0 spiro atoms. The van der Waals surface area contributed by atoms with Crippen LogP contribution in [0.25, 0.3) is 0 Å². The molecule has 0 aliphatic heterocycles. The summed E-state index contributed by atoms with van der Waals surface area (Å²) in [6, 6.07) is 18.8. The van der Waals surface area contributed by atoms with E-state index in [-0.39, 0.29) is 24.8 Å². The zero-order chi connectivity index (χ0) is 41.6. The van der Waals surface area contributed by atoms with Crippen LogP contribution in [0, 0.1) is 27.7 Å². The summed E-state index contributed by atoms with van der Waals surface area (Å²) in [7, 11) is 0. The van der Waals surface area contributed by atoms with Crippen LogP contribution in [0.2, 0.25) is 0 Å². The number of fused-ring (bicyclic) bond motifs is 4. The Kier molecular flexibility index (Phi) is 24.9. The summed E-state index contributed by atoms with van der Waals surface area (Å²) in [5.74, 6) is 3.25. The van der Waals surface area contributed by atoms with Gasteiger partial charge in [-0.15, -0.1) is 0 Å². The van der Waals surface area contributed by atoms with Crippen molar-refractivity contribution < 1.29 is 73.3 Å². The van der Waals surface area contributed by atoms with Crippen LogP contribution in [0.5, 0.6) is 0 Å². The van der Waals surface area contributed by atoms with E-state index in [0.717, 1.165) is 23.7 Å². The van der Waals surface area contributed by atoms with Gasteiger partial charge >= 0.3 is 119 Å². The molecule has 2 saturated carbocycles. The summed E-state index contributed by atoms with van der Waals surface area (Å²) in [4.78, 5) is 0. The van der Waals surface area contributed by atoms with Gasteiger partial charge in [-0.3, -0.25) is 0 Å². The molecule has 0 bridgehead atoms. The normalized spacial score (nSPS) is 22.4. The molecule has 328 valence electrons. The topological polar surface area (TPSA) is 0 Å². The summed E-state index contributed by atoms with van der Waals surface area (Å²) in [6.45, 7) is 18.2. The molecule has 4 unspecified atom stereocenters. The van der Waals surface area contributed by atoms with Crippen molar-refractivity contribution >= 4 is 6.41 Å². The summed E-state index contributed by atoms with van der Waals surface area (Å²) in [5, 5.41) is 0. The molecule has 0 radical (unpaired) electrons. The maximum atomic E-state index is 2.36. The zero-order valence-electron chi connectivity index (χ0n) is 39.2. The van der Waals surface area contributed by atoms with Crippen molar-refractivity contribution in [3.63, 3.8) is 0 Å². The Balaban J connectivity index is 0.000000193. The molecule has 0 amide bonds. The van der Waals surface area contributed by atoms with Crippen molar-refractivity contribution in [3.8, 4) is 0 Å². The van der Waals surface area contributed by atoms with E-state index in [4.69, 9.17) is 0 Å². The molecule has 0 heterocycles. The Labute approximate surface area is 411 Å². The zero-order valence-corrected chi connectivity index (χ0v) is 45.7. The molecular weight excluding hydrogens is 926 g/mol. The third-order valence-corrected chi connectivity index (χ3v) is 16.5. The second kappa shape index (κ2) is 27.7. The van der Waals surface area contributed by atoms with Gasteiger partial charge in [0.1, 0.15) is 0 Å². The number of hydrogen-bond acceptors (Lipinski definition) is 0. The summed E-state index contributed by atoms with van der Waals surface area (Å²) in [5.41, 5.74) is 18.7. The van der Waals surface area contributed by atoms with Crippen molar-refractivity contribution in [1.82, 2.24) is 0 Å². The van der Waals surface area contributed by atoms with E-state index in [9.17, 15) is 0 Å². The van der Waals surface area contributed by atoms with Crippen LogP contribution in [-0.2, 0) is 74.2 Å². The minimum absolute atomic E-state index is 0. The molecule has 60 heavy (non-hydrogen) atoms. The van der Waals surface area contributed by atoms with Crippen LogP contribution in [0.15, 0.2) is 48.5 Å². The van der Waals surface area contributed by atoms with Crippen molar-refractivity contribution in [2.24, 2.45) is 0 Å². The fourth-order valence-corrected chi connectivity index (χ4v) is 12.4. The van der Waals surface area contributed by atoms with Crippen LogP contribution < -0.4 is 24.8 Å². The minimum atomic E-state index is 0. The van der Waals surface area contributed by atoms with Crippen LogP contribution in [0.3, 0.4) is 0 Å². The molecule has 4 atom stereocenters. The van der Waals surface area contributed by atoms with E-state index in [2.05, 4.69) is 104 Å². The Morgan fingerprint density at radius 3 is 0.733 bits per heavy atom. The van der Waals surface area contributed by atoms with Crippen LogP contribution in [-0.4, -0.2) is 6.41 Å². The van der Waals surface area contributed by atoms with Crippen molar-refractivity contribution in [3.05, 3.63) is 115 Å². The van der Waals surface area contributed by atoms with Gasteiger partial charge in [-0.2, -0.15) is 91.0 Å². The fraction of sp³-hybridized carbons (Fsp3) is 0.607. The van der Waals surface area contributed by atoms with E-state index in [1.54, 1.807) is 99.4 Å². The van der Waals surface area contributed by atoms with Gasteiger partial charge in [0.25, 0.3) is 0 Å². The van der Waals surface area contributed by atoms with Crippen LogP contribution in [0.4, 0.5) is 0 Å². The molecule has 10 rings (SSSR count). The molecule has 2 fully saturated rings. The first kappa shape index (κ1) is 53.8. The monoisotopic (exact) mass is 1000 g/mol. The van der Waals surface area contributed by atoms with Gasteiger partial charge in [-0.05, 0) is 0 Å². The van der Waals surface area contributed by atoms with Gasteiger partial charge in [0.15, 0.2) is 0 Å². The van der Waals surface area contributed by atoms with E-state index in [0.29, 0.717) is 0 Å². The number of aryl methyl sites for hydroxylation is 8. The van der Waals surface area contributed by atoms with Crippen LogP contribution in [0.1, 0.15) is 234 Å². The Hall–Kier alpha value is -0.514. The molecule has 0 nitrogen and oxygen atoms in total. The van der Waals surface area contributed by atoms with Crippen molar-refractivity contribution in [2.45, 2.75) is 220 Å².